The number of halogens is 1. The minimum atomic E-state index is -0.495. The number of benzene rings is 1. The molecule has 3 nitrogen and oxygen atoms in total. The Balaban J connectivity index is 2.10. The largest absolute Gasteiger partial charge is 0.436 e. The van der Waals surface area contributed by atoms with Gasteiger partial charge in [0.1, 0.15) is 5.75 Å². The van der Waals surface area contributed by atoms with Gasteiger partial charge in [-0.2, -0.15) is 0 Å². The van der Waals surface area contributed by atoms with Crippen LogP contribution in [0.1, 0.15) is 30.9 Å². The molecule has 0 aliphatic carbocycles. The lowest BCUT2D eigenvalue weighted by Crippen LogP contribution is -2.02. The summed E-state index contributed by atoms with van der Waals surface area (Å²) >= 11 is 0. The fraction of sp³-hybridized carbons (Fsp3) is 0.312. The SMILES string of the molecule is CCCCc1ccc(Oc2nccc(CN)c2F)cc1. The molecule has 0 bridgehead atoms. The van der Waals surface area contributed by atoms with E-state index < -0.39 is 5.82 Å². The third kappa shape index (κ3) is 3.54. The summed E-state index contributed by atoms with van der Waals surface area (Å²) in [6.07, 6.45) is 4.87. The molecule has 0 unspecified atom stereocenters. The number of aryl methyl sites for hydroxylation is 1. The molecule has 2 rings (SSSR count). The van der Waals surface area contributed by atoms with E-state index in [2.05, 4.69) is 11.9 Å². The molecule has 1 aromatic heterocycles. The third-order valence-electron chi connectivity index (χ3n) is 3.11. The first-order chi connectivity index (χ1) is 9.74. The van der Waals surface area contributed by atoms with Gasteiger partial charge < -0.3 is 10.5 Å². The van der Waals surface area contributed by atoms with Crippen molar-refractivity contribution < 1.29 is 9.13 Å². The van der Waals surface area contributed by atoms with E-state index in [1.807, 2.05) is 24.3 Å². The van der Waals surface area contributed by atoms with Crippen LogP contribution in [0.15, 0.2) is 36.5 Å². The molecule has 106 valence electrons. The number of hydrogen-bond donors (Lipinski definition) is 1. The Hall–Kier alpha value is -1.94. The van der Waals surface area contributed by atoms with Crippen LogP contribution >= 0.6 is 0 Å². The second-order valence-corrected chi connectivity index (χ2v) is 4.64. The highest BCUT2D eigenvalue weighted by Gasteiger charge is 2.10. The zero-order valence-electron chi connectivity index (χ0n) is 11.6. The fourth-order valence-corrected chi connectivity index (χ4v) is 1.91. The number of unbranched alkanes of at least 4 members (excludes halogenated alkanes) is 1. The molecule has 20 heavy (non-hydrogen) atoms. The van der Waals surface area contributed by atoms with Gasteiger partial charge >= 0.3 is 0 Å². The molecule has 0 radical (unpaired) electrons. The van der Waals surface area contributed by atoms with Gasteiger partial charge in [-0.25, -0.2) is 9.37 Å². The van der Waals surface area contributed by atoms with Crippen LogP contribution in [-0.2, 0) is 13.0 Å². The first kappa shape index (κ1) is 14.5. The van der Waals surface area contributed by atoms with E-state index in [-0.39, 0.29) is 12.4 Å². The average molecular weight is 274 g/mol. The molecule has 0 aliphatic heterocycles. The monoisotopic (exact) mass is 274 g/mol. The van der Waals surface area contributed by atoms with Gasteiger partial charge in [-0.3, -0.25) is 0 Å². The van der Waals surface area contributed by atoms with E-state index in [0.29, 0.717) is 11.3 Å². The van der Waals surface area contributed by atoms with Crippen molar-refractivity contribution >= 4 is 0 Å². The molecule has 0 spiro atoms. The maximum absolute atomic E-state index is 13.9. The smallest absolute Gasteiger partial charge is 0.256 e. The number of nitrogens with zero attached hydrogens (tertiary/aromatic N) is 1. The van der Waals surface area contributed by atoms with Gasteiger partial charge in [-0.05, 0) is 36.6 Å². The highest BCUT2D eigenvalue weighted by Crippen LogP contribution is 2.24. The molecular weight excluding hydrogens is 255 g/mol. The topological polar surface area (TPSA) is 48.1 Å². The van der Waals surface area contributed by atoms with Crippen LogP contribution in [0, 0.1) is 5.82 Å². The van der Waals surface area contributed by atoms with E-state index in [9.17, 15) is 4.39 Å². The van der Waals surface area contributed by atoms with Crippen molar-refractivity contribution in [3.05, 3.63) is 53.5 Å². The highest BCUT2D eigenvalue weighted by molar-refractivity contribution is 5.32. The zero-order chi connectivity index (χ0) is 14.4. The molecule has 0 aliphatic rings. The second-order valence-electron chi connectivity index (χ2n) is 4.64. The Morgan fingerprint density at radius 3 is 2.60 bits per heavy atom. The maximum atomic E-state index is 13.9. The molecule has 4 heteroatoms. The Morgan fingerprint density at radius 1 is 1.20 bits per heavy atom. The highest BCUT2D eigenvalue weighted by atomic mass is 19.1. The number of rotatable bonds is 6. The normalized spacial score (nSPS) is 10.6. The van der Waals surface area contributed by atoms with Gasteiger partial charge in [0.2, 0.25) is 0 Å². The van der Waals surface area contributed by atoms with Crippen molar-refractivity contribution in [2.75, 3.05) is 0 Å². The molecule has 2 aromatic rings. The van der Waals surface area contributed by atoms with Crippen LogP contribution in [0.2, 0.25) is 0 Å². The molecule has 0 atom stereocenters. The number of pyridine rings is 1. The quantitative estimate of drug-likeness (QED) is 0.871. The molecule has 0 saturated heterocycles. The van der Waals surface area contributed by atoms with E-state index in [1.54, 1.807) is 6.07 Å². The van der Waals surface area contributed by atoms with Gasteiger partial charge in [0.05, 0.1) is 0 Å². The maximum Gasteiger partial charge on any atom is 0.256 e. The van der Waals surface area contributed by atoms with Crippen molar-refractivity contribution in [3.63, 3.8) is 0 Å². The lowest BCUT2D eigenvalue weighted by Gasteiger charge is -2.08. The standard InChI is InChI=1S/C16H19FN2O/c1-2-3-4-12-5-7-14(8-6-12)20-16-15(17)13(11-18)9-10-19-16/h5-10H,2-4,11,18H2,1H3. The molecule has 2 N–H and O–H groups in total. The van der Waals surface area contributed by atoms with Crippen LogP contribution in [-0.4, -0.2) is 4.98 Å². The van der Waals surface area contributed by atoms with E-state index in [0.717, 1.165) is 12.8 Å². The lowest BCUT2D eigenvalue weighted by molar-refractivity contribution is 0.419. The first-order valence-corrected chi connectivity index (χ1v) is 6.84. The van der Waals surface area contributed by atoms with Gasteiger partial charge in [0.25, 0.3) is 5.88 Å². The van der Waals surface area contributed by atoms with Crippen LogP contribution < -0.4 is 10.5 Å². The van der Waals surface area contributed by atoms with E-state index >= 15 is 0 Å². The third-order valence-corrected chi connectivity index (χ3v) is 3.11. The molecule has 1 aromatic carbocycles. The molecular formula is C16H19FN2O. The minimum absolute atomic E-state index is 0.0331. The Bertz CT molecular complexity index is 555. The van der Waals surface area contributed by atoms with Crippen molar-refractivity contribution in [3.8, 4) is 11.6 Å². The van der Waals surface area contributed by atoms with Crippen LogP contribution in [0.4, 0.5) is 4.39 Å². The second kappa shape index (κ2) is 7.01. The summed E-state index contributed by atoms with van der Waals surface area (Å²) < 4.78 is 19.4. The molecule has 0 fully saturated rings. The summed E-state index contributed by atoms with van der Waals surface area (Å²) in [5.41, 5.74) is 7.11. The number of nitrogens with two attached hydrogens (primary N) is 1. The summed E-state index contributed by atoms with van der Waals surface area (Å²) in [5, 5.41) is 0. The fourth-order valence-electron chi connectivity index (χ4n) is 1.91. The van der Waals surface area contributed by atoms with Crippen molar-refractivity contribution in [1.29, 1.82) is 0 Å². The Labute approximate surface area is 118 Å². The van der Waals surface area contributed by atoms with E-state index in [1.165, 1.54) is 18.2 Å². The predicted octanol–water partition coefficient (Wildman–Crippen LogP) is 3.81. The minimum Gasteiger partial charge on any atom is -0.436 e. The van der Waals surface area contributed by atoms with Crippen LogP contribution in [0.3, 0.4) is 0 Å². The molecule has 1 heterocycles. The van der Waals surface area contributed by atoms with E-state index in [4.69, 9.17) is 10.5 Å². The number of ether oxygens (including phenoxy) is 1. The van der Waals surface area contributed by atoms with Crippen LogP contribution in [0.25, 0.3) is 0 Å². The summed E-state index contributed by atoms with van der Waals surface area (Å²) in [6.45, 7) is 2.29. The average Bonchev–Trinajstić information content (AvgIpc) is 2.48. The summed E-state index contributed by atoms with van der Waals surface area (Å²) in [5.74, 6) is 0.0464. The molecule has 0 saturated carbocycles. The van der Waals surface area contributed by atoms with Crippen molar-refractivity contribution in [2.45, 2.75) is 32.7 Å². The van der Waals surface area contributed by atoms with Crippen LogP contribution in [0.5, 0.6) is 11.6 Å². The Morgan fingerprint density at radius 2 is 1.95 bits per heavy atom. The Kier molecular flexibility index (Phi) is 5.07. The van der Waals surface area contributed by atoms with Gasteiger partial charge in [0, 0.05) is 18.3 Å². The summed E-state index contributed by atoms with van der Waals surface area (Å²) in [7, 11) is 0. The first-order valence-electron chi connectivity index (χ1n) is 6.84. The molecule has 0 amide bonds. The summed E-state index contributed by atoms with van der Waals surface area (Å²) in [4.78, 5) is 3.90. The van der Waals surface area contributed by atoms with Gasteiger partial charge in [-0.1, -0.05) is 25.5 Å². The van der Waals surface area contributed by atoms with Gasteiger partial charge in [-0.15, -0.1) is 0 Å². The summed E-state index contributed by atoms with van der Waals surface area (Å²) in [6, 6.07) is 9.21. The van der Waals surface area contributed by atoms with Crippen molar-refractivity contribution in [1.82, 2.24) is 4.98 Å². The number of aromatic nitrogens is 1. The number of hydrogen-bond acceptors (Lipinski definition) is 3. The lowest BCUT2D eigenvalue weighted by atomic mass is 10.1. The van der Waals surface area contributed by atoms with Gasteiger partial charge in [0.15, 0.2) is 5.82 Å². The van der Waals surface area contributed by atoms with Crippen molar-refractivity contribution in [2.24, 2.45) is 5.73 Å². The predicted molar refractivity (Wildman–Crippen MR) is 77.2 cm³/mol. The zero-order valence-corrected chi connectivity index (χ0v) is 11.6.